The number of aliphatic hydroxyl groups excluding tert-OH is 1. The number of benzene rings is 4. The Morgan fingerprint density at radius 2 is 1.56 bits per heavy atom. The Bertz CT molecular complexity index is 1390. The minimum Gasteiger partial charge on any atom is -0.494 e. The Morgan fingerprint density at radius 3 is 2.32 bits per heavy atom. The Hall–Kier alpha value is -3.91. The Labute approximate surface area is 240 Å². The van der Waals surface area contributed by atoms with Crippen molar-refractivity contribution in [3.05, 3.63) is 114 Å². The third-order valence-electron chi connectivity index (χ3n) is 7.62. The van der Waals surface area contributed by atoms with Gasteiger partial charge in [0.1, 0.15) is 5.75 Å². The van der Waals surface area contributed by atoms with Crippen molar-refractivity contribution in [2.75, 3.05) is 32.9 Å². The molecule has 0 aromatic heterocycles. The van der Waals surface area contributed by atoms with E-state index in [1.54, 1.807) is 0 Å². The number of rotatable bonds is 12. The number of nitrogens with zero attached hydrogens (tertiary/aromatic N) is 1. The van der Waals surface area contributed by atoms with Gasteiger partial charge in [-0.3, -0.25) is 0 Å². The molecule has 7 nitrogen and oxygen atoms in total. The fourth-order valence-corrected chi connectivity index (χ4v) is 5.51. The largest absolute Gasteiger partial charge is 0.494 e. The first-order valence-corrected chi connectivity index (χ1v) is 14.1. The number of piperidine rings is 1. The van der Waals surface area contributed by atoms with E-state index >= 15 is 0 Å². The van der Waals surface area contributed by atoms with Crippen molar-refractivity contribution in [2.24, 2.45) is 5.92 Å². The molecular formula is C34H37NO6. The molecule has 4 aromatic rings. The first-order valence-electron chi connectivity index (χ1n) is 14.1. The molecule has 1 saturated heterocycles. The molecule has 0 bridgehead atoms. The summed E-state index contributed by atoms with van der Waals surface area (Å²) >= 11 is 0. The second kappa shape index (κ2) is 14.1. The molecule has 4 aromatic carbocycles. The quantitative estimate of drug-likeness (QED) is 0.206. The van der Waals surface area contributed by atoms with Gasteiger partial charge >= 0.3 is 6.09 Å². The van der Waals surface area contributed by atoms with Crippen molar-refractivity contribution >= 4 is 16.9 Å². The first-order chi connectivity index (χ1) is 20.1. The molecule has 1 fully saturated rings. The zero-order chi connectivity index (χ0) is 28.4. The predicted octanol–water partition coefficient (Wildman–Crippen LogP) is 6.10. The van der Waals surface area contributed by atoms with Gasteiger partial charge in [-0.2, -0.15) is 0 Å². The van der Waals surface area contributed by atoms with Gasteiger partial charge in [0.15, 0.2) is 0 Å². The molecule has 41 heavy (non-hydrogen) atoms. The van der Waals surface area contributed by atoms with E-state index in [4.69, 9.17) is 14.2 Å². The number of amides is 1. The van der Waals surface area contributed by atoms with Crippen LogP contribution >= 0.6 is 0 Å². The normalized spacial score (nSPS) is 18.9. The molecule has 1 aliphatic heterocycles. The molecule has 0 saturated carbocycles. The van der Waals surface area contributed by atoms with E-state index in [0.29, 0.717) is 26.4 Å². The fourth-order valence-electron chi connectivity index (χ4n) is 5.51. The number of ether oxygens (including phenoxy) is 3. The number of hydrogen-bond donors (Lipinski definition) is 2. The summed E-state index contributed by atoms with van der Waals surface area (Å²) in [5, 5.41) is 22.3. The van der Waals surface area contributed by atoms with Gasteiger partial charge in [0, 0.05) is 31.4 Å². The first kappa shape index (κ1) is 28.6. The molecule has 1 amide bonds. The maximum absolute atomic E-state index is 11.9. The highest BCUT2D eigenvalue weighted by atomic mass is 16.5. The van der Waals surface area contributed by atoms with Gasteiger partial charge < -0.3 is 29.3 Å². The van der Waals surface area contributed by atoms with E-state index in [2.05, 4.69) is 24.3 Å². The summed E-state index contributed by atoms with van der Waals surface area (Å²) in [4.78, 5) is 13.2. The molecule has 0 radical (unpaired) electrons. The highest BCUT2D eigenvalue weighted by Gasteiger charge is 2.40. The summed E-state index contributed by atoms with van der Waals surface area (Å²) in [5.74, 6) is 0.320. The summed E-state index contributed by atoms with van der Waals surface area (Å²) in [6.45, 7) is 2.47. The summed E-state index contributed by atoms with van der Waals surface area (Å²) < 4.78 is 18.1. The zero-order valence-electron chi connectivity index (χ0n) is 23.1. The summed E-state index contributed by atoms with van der Waals surface area (Å²) in [5.41, 5.74) is 3.17. The van der Waals surface area contributed by atoms with Crippen LogP contribution < -0.4 is 4.74 Å². The highest BCUT2D eigenvalue weighted by Crippen LogP contribution is 2.36. The lowest BCUT2D eigenvalue weighted by Crippen LogP contribution is -2.51. The molecule has 5 rings (SSSR count). The van der Waals surface area contributed by atoms with Crippen LogP contribution in [0.15, 0.2) is 97.1 Å². The van der Waals surface area contributed by atoms with Crippen LogP contribution in [0.3, 0.4) is 0 Å². The average Bonchev–Trinajstić information content (AvgIpc) is 3.02. The van der Waals surface area contributed by atoms with Gasteiger partial charge in [-0.25, -0.2) is 4.79 Å². The van der Waals surface area contributed by atoms with Crippen LogP contribution in [0.25, 0.3) is 10.8 Å². The van der Waals surface area contributed by atoms with Gasteiger partial charge in [0.05, 0.1) is 39.1 Å². The molecule has 7 heteroatoms. The van der Waals surface area contributed by atoms with Gasteiger partial charge in [0.25, 0.3) is 0 Å². The summed E-state index contributed by atoms with van der Waals surface area (Å²) in [7, 11) is 0. The number of fused-ring (bicyclic) bond motifs is 1. The zero-order valence-corrected chi connectivity index (χ0v) is 23.1. The van der Waals surface area contributed by atoms with Crippen LogP contribution in [0.1, 0.15) is 29.0 Å². The van der Waals surface area contributed by atoms with Crippen molar-refractivity contribution in [2.45, 2.75) is 31.7 Å². The number of carbonyl (C=O) groups is 1. The van der Waals surface area contributed by atoms with Crippen molar-refractivity contribution < 1.29 is 29.2 Å². The lowest BCUT2D eigenvalue weighted by atomic mass is 9.79. The minimum absolute atomic E-state index is 0.133. The number of likely N-dealkylation sites (tertiary alicyclic amines) is 1. The highest BCUT2D eigenvalue weighted by molar-refractivity contribution is 5.82. The third kappa shape index (κ3) is 7.64. The van der Waals surface area contributed by atoms with E-state index in [0.717, 1.165) is 39.6 Å². The lowest BCUT2D eigenvalue weighted by Gasteiger charge is -2.42. The number of carboxylic acid groups (broad SMARTS) is 1. The van der Waals surface area contributed by atoms with Crippen LogP contribution in [0.2, 0.25) is 0 Å². The molecule has 1 heterocycles. The third-order valence-corrected chi connectivity index (χ3v) is 7.62. The van der Waals surface area contributed by atoms with Crippen LogP contribution in [-0.2, 0) is 22.7 Å². The van der Waals surface area contributed by atoms with Gasteiger partial charge in [-0.15, -0.1) is 0 Å². The molecule has 3 atom stereocenters. The van der Waals surface area contributed by atoms with E-state index in [-0.39, 0.29) is 31.5 Å². The number of aliphatic hydroxyl groups is 1. The standard InChI is InChI=1S/C34H37NO6/c36-22-30-20-35(34(37)38)21-32(41-24-26-11-12-27-9-4-5-10-29(27)19-26)33(30)28-13-15-31(16-14-28)40-18-6-17-39-23-25-7-2-1-3-8-25/h1-5,7-16,19,30,32-33,36H,6,17-18,20-24H2,(H,37,38). The summed E-state index contributed by atoms with van der Waals surface area (Å²) in [6.07, 6.45) is -0.630. The summed E-state index contributed by atoms with van der Waals surface area (Å²) in [6, 6.07) is 32.3. The van der Waals surface area contributed by atoms with Crippen molar-refractivity contribution in [1.29, 1.82) is 0 Å². The molecular weight excluding hydrogens is 518 g/mol. The molecule has 2 N–H and O–H groups in total. The Morgan fingerprint density at radius 1 is 0.805 bits per heavy atom. The molecule has 0 aliphatic carbocycles. The van der Waals surface area contributed by atoms with E-state index in [1.165, 1.54) is 4.90 Å². The van der Waals surface area contributed by atoms with Crippen LogP contribution in [-0.4, -0.2) is 60.2 Å². The fraction of sp³-hybridized carbons (Fsp3) is 0.324. The van der Waals surface area contributed by atoms with E-state index in [1.807, 2.05) is 72.8 Å². The van der Waals surface area contributed by atoms with Crippen molar-refractivity contribution in [3.63, 3.8) is 0 Å². The smallest absolute Gasteiger partial charge is 0.407 e. The van der Waals surface area contributed by atoms with E-state index in [9.17, 15) is 15.0 Å². The van der Waals surface area contributed by atoms with Crippen LogP contribution in [0, 0.1) is 5.92 Å². The lowest BCUT2D eigenvalue weighted by molar-refractivity contribution is -0.0483. The monoisotopic (exact) mass is 555 g/mol. The second-order valence-corrected chi connectivity index (χ2v) is 10.5. The molecule has 3 unspecified atom stereocenters. The number of hydrogen-bond acceptors (Lipinski definition) is 5. The molecule has 1 aliphatic rings. The maximum Gasteiger partial charge on any atom is 0.407 e. The molecule has 214 valence electrons. The van der Waals surface area contributed by atoms with Crippen LogP contribution in [0.5, 0.6) is 5.75 Å². The van der Waals surface area contributed by atoms with Crippen molar-refractivity contribution in [1.82, 2.24) is 4.90 Å². The van der Waals surface area contributed by atoms with Gasteiger partial charge in [-0.1, -0.05) is 78.9 Å². The maximum atomic E-state index is 11.9. The van der Waals surface area contributed by atoms with E-state index < -0.39 is 12.2 Å². The van der Waals surface area contributed by atoms with Crippen molar-refractivity contribution in [3.8, 4) is 5.75 Å². The van der Waals surface area contributed by atoms with Gasteiger partial charge in [0.2, 0.25) is 0 Å². The van der Waals surface area contributed by atoms with Gasteiger partial charge in [-0.05, 0) is 45.7 Å². The topological polar surface area (TPSA) is 88.5 Å². The predicted molar refractivity (Wildman–Crippen MR) is 158 cm³/mol. The SMILES string of the molecule is O=C(O)N1CC(CO)C(c2ccc(OCCCOCc3ccccc3)cc2)C(OCc2ccc3ccccc3c2)C1. The Balaban J connectivity index is 1.20. The average molecular weight is 556 g/mol. The minimum atomic E-state index is -1.00. The second-order valence-electron chi connectivity index (χ2n) is 10.5. The van der Waals surface area contributed by atoms with Crippen LogP contribution in [0.4, 0.5) is 4.79 Å². The Kier molecular flexibility index (Phi) is 9.86. The molecule has 0 spiro atoms.